The van der Waals surface area contributed by atoms with Gasteiger partial charge < -0.3 is 4.48 Å². The van der Waals surface area contributed by atoms with Crippen LogP contribution in [0.1, 0.15) is 20.3 Å². The van der Waals surface area contributed by atoms with Gasteiger partial charge in [0.05, 0.1) is 27.2 Å². The molecule has 0 rings (SSSR count). The van der Waals surface area contributed by atoms with E-state index in [9.17, 15) is 0 Å². The highest BCUT2D eigenvalue weighted by molar-refractivity contribution is 4.77. The molecule has 0 spiro atoms. The Morgan fingerprint density at radius 2 is 1.62 bits per heavy atom. The lowest BCUT2D eigenvalue weighted by Gasteiger charge is -2.27. The Labute approximate surface area is 81.0 Å². The highest BCUT2D eigenvalue weighted by atomic mass is 15.3. The summed E-state index contributed by atoms with van der Waals surface area (Å²) in [6.45, 7) is 7.01. The molecule has 0 atom stereocenters. The fraction of sp³-hybridized carbons (Fsp3) is 0.778. The van der Waals surface area contributed by atoms with Crippen LogP contribution in [0, 0.1) is 22.9 Å². The normalized spacial score (nSPS) is 8.77. The van der Waals surface area contributed by atoms with Gasteiger partial charge in [0, 0.05) is 0 Å². The van der Waals surface area contributed by atoms with Crippen LogP contribution in [0.25, 0.3) is 0 Å². The van der Waals surface area contributed by atoms with E-state index in [-0.39, 0.29) is 0 Å². The minimum absolute atomic E-state index is 1.16. The summed E-state index contributed by atoms with van der Waals surface area (Å²) in [5.74, 6) is 0. The van der Waals surface area contributed by atoms with Crippen LogP contribution in [0.3, 0.4) is 0 Å². The Morgan fingerprint density at radius 1 is 1.15 bits per heavy atom. The van der Waals surface area contributed by atoms with Crippen LogP contribution < -0.4 is 5.32 Å². The van der Waals surface area contributed by atoms with E-state index in [1.807, 2.05) is 0 Å². The van der Waals surface area contributed by atoms with E-state index >= 15 is 0 Å². The number of nitrogens with zero attached hydrogens (tertiary/aromatic N) is 3. The average molecular weight is 183 g/mol. The molecule has 0 radical (unpaired) electrons. The summed E-state index contributed by atoms with van der Waals surface area (Å²) < 4.78 is 1.16. The highest BCUT2D eigenvalue weighted by Gasteiger charge is 2.07. The first kappa shape index (κ1) is 14.3. The largest absolute Gasteiger partial charge is 0.329 e. The van der Waals surface area contributed by atoms with Gasteiger partial charge in [-0.1, -0.05) is 6.92 Å². The number of nitrogens with one attached hydrogen (secondary N) is 1. The zero-order valence-electron chi connectivity index (χ0n) is 8.96. The van der Waals surface area contributed by atoms with E-state index in [0.29, 0.717) is 0 Å². The fourth-order valence-electron chi connectivity index (χ4n) is 0.788. The average Bonchev–Trinajstić information content (AvgIpc) is 2.07. The SMILES string of the molecule is CCC[N+](C)(C)CC.N#CNC#N. The summed E-state index contributed by atoms with van der Waals surface area (Å²) in [5, 5.41) is 16.7. The summed E-state index contributed by atoms with van der Waals surface area (Å²) in [4.78, 5) is 0. The second kappa shape index (κ2) is 8.83. The number of rotatable bonds is 3. The van der Waals surface area contributed by atoms with Crippen molar-refractivity contribution in [3.63, 3.8) is 0 Å². The standard InChI is InChI=1S/C7H18N.C2HN3/c1-5-7-8(3,4)6-2;3-1-5-2-4/h5-7H2,1-4H3;5H/q+1;. The lowest BCUT2D eigenvalue weighted by molar-refractivity contribution is -0.888. The van der Waals surface area contributed by atoms with E-state index in [4.69, 9.17) is 10.5 Å². The Kier molecular flexibility index (Phi) is 9.70. The van der Waals surface area contributed by atoms with Gasteiger partial charge in [-0.15, -0.1) is 0 Å². The smallest absolute Gasteiger partial charge is 0.190 e. The molecule has 0 saturated carbocycles. The molecule has 0 unspecified atom stereocenters. The van der Waals surface area contributed by atoms with Crippen LogP contribution in [0.5, 0.6) is 0 Å². The van der Waals surface area contributed by atoms with Gasteiger partial charge in [-0.25, -0.2) is 5.32 Å². The molecule has 0 saturated heterocycles. The predicted molar refractivity (Wildman–Crippen MR) is 52.2 cm³/mol. The molecule has 1 N–H and O–H groups in total. The molecular weight excluding hydrogens is 164 g/mol. The maximum atomic E-state index is 7.48. The van der Waals surface area contributed by atoms with Crippen molar-refractivity contribution in [1.29, 1.82) is 10.5 Å². The lowest BCUT2D eigenvalue weighted by Crippen LogP contribution is -2.39. The van der Waals surface area contributed by atoms with Crippen molar-refractivity contribution in [2.75, 3.05) is 27.2 Å². The molecule has 0 aromatic heterocycles. The molecule has 13 heavy (non-hydrogen) atoms. The van der Waals surface area contributed by atoms with Crippen molar-refractivity contribution in [2.24, 2.45) is 0 Å². The van der Waals surface area contributed by atoms with Crippen LogP contribution in [0.4, 0.5) is 0 Å². The number of hydrogen-bond donors (Lipinski definition) is 1. The maximum Gasteiger partial charge on any atom is 0.190 e. The van der Waals surface area contributed by atoms with Gasteiger partial charge in [0.1, 0.15) is 0 Å². The second-order valence-corrected chi connectivity index (χ2v) is 3.32. The van der Waals surface area contributed by atoms with Crippen LogP contribution in [0.2, 0.25) is 0 Å². The molecule has 0 aromatic carbocycles. The summed E-state index contributed by atoms with van der Waals surface area (Å²) in [5.41, 5.74) is 0. The summed E-state index contributed by atoms with van der Waals surface area (Å²) >= 11 is 0. The minimum atomic E-state index is 1.16. The third kappa shape index (κ3) is 13.7. The molecule has 0 aliphatic rings. The zero-order chi connectivity index (χ0) is 10.7. The Balaban J connectivity index is 0. The van der Waals surface area contributed by atoms with Gasteiger partial charge in [-0.05, 0) is 13.3 Å². The number of nitriles is 2. The molecule has 0 amide bonds. The van der Waals surface area contributed by atoms with Gasteiger partial charge in [-0.3, -0.25) is 0 Å². The molecule has 0 heterocycles. The zero-order valence-corrected chi connectivity index (χ0v) is 8.96. The van der Waals surface area contributed by atoms with E-state index in [0.717, 1.165) is 4.48 Å². The topological polar surface area (TPSA) is 59.6 Å². The number of hydrogen-bond acceptors (Lipinski definition) is 3. The van der Waals surface area contributed by atoms with Gasteiger partial charge in [0.2, 0.25) is 0 Å². The molecule has 4 heteroatoms. The Bertz CT molecular complexity index is 173. The van der Waals surface area contributed by atoms with Crippen molar-refractivity contribution in [3.05, 3.63) is 0 Å². The first-order valence-corrected chi connectivity index (χ1v) is 4.39. The van der Waals surface area contributed by atoms with E-state index in [1.54, 1.807) is 5.32 Å². The van der Waals surface area contributed by atoms with Crippen LogP contribution in [0.15, 0.2) is 0 Å². The quantitative estimate of drug-likeness (QED) is 0.404. The molecular formula is C9H19N4+. The second-order valence-electron chi connectivity index (χ2n) is 3.32. The molecule has 0 aromatic rings. The molecule has 4 nitrogen and oxygen atoms in total. The minimum Gasteiger partial charge on any atom is -0.329 e. The lowest BCUT2D eigenvalue weighted by atomic mass is 10.4. The Hall–Kier alpha value is -1.26. The van der Waals surface area contributed by atoms with Crippen molar-refractivity contribution < 1.29 is 4.48 Å². The first-order chi connectivity index (χ1) is 6.04. The molecule has 0 aliphatic carbocycles. The third-order valence-electron chi connectivity index (χ3n) is 1.80. The van der Waals surface area contributed by atoms with Crippen LogP contribution in [-0.4, -0.2) is 31.7 Å². The summed E-state index contributed by atoms with van der Waals surface area (Å²) in [7, 11) is 4.53. The van der Waals surface area contributed by atoms with Crippen molar-refractivity contribution >= 4 is 0 Å². The van der Waals surface area contributed by atoms with E-state index in [2.05, 4.69) is 27.9 Å². The first-order valence-electron chi connectivity index (χ1n) is 4.39. The highest BCUT2D eigenvalue weighted by Crippen LogP contribution is 1.95. The van der Waals surface area contributed by atoms with Gasteiger partial charge in [0.15, 0.2) is 12.4 Å². The van der Waals surface area contributed by atoms with Gasteiger partial charge in [0.25, 0.3) is 0 Å². The molecule has 0 aliphatic heterocycles. The summed E-state index contributed by atoms with van der Waals surface area (Å²) in [6.07, 6.45) is 4.11. The summed E-state index contributed by atoms with van der Waals surface area (Å²) in [6, 6.07) is 0. The molecule has 0 bridgehead atoms. The predicted octanol–water partition coefficient (Wildman–Crippen LogP) is 1.03. The van der Waals surface area contributed by atoms with Crippen molar-refractivity contribution in [1.82, 2.24) is 5.32 Å². The third-order valence-corrected chi connectivity index (χ3v) is 1.80. The number of quaternary nitrogens is 1. The van der Waals surface area contributed by atoms with Crippen LogP contribution in [-0.2, 0) is 0 Å². The fourth-order valence-corrected chi connectivity index (χ4v) is 0.788. The Morgan fingerprint density at radius 3 is 1.69 bits per heavy atom. The monoisotopic (exact) mass is 183 g/mol. The van der Waals surface area contributed by atoms with E-state index < -0.39 is 0 Å². The molecule has 0 fully saturated rings. The van der Waals surface area contributed by atoms with Gasteiger partial charge in [-0.2, -0.15) is 10.5 Å². The van der Waals surface area contributed by atoms with Crippen molar-refractivity contribution in [3.8, 4) is 12.4 Å². The van der Waals surface area contributed by atoms with Gasteiger partial charge >= 0.3 is 0 Å². The maximum absolute atomic E-state index is 7.48. The van der Waals surface area contributed by atoms with E-state index in [1.165, 1.54) is 31.9 Å². The molecule has 74 valence electrons. The van der Waals surface area contributed by atoms with Crippen molar-refractivity contribution in [2.45, 2.75) is 20.3 Å². The van der Waals surface area contributed by atoms with Crippen LogP contribution >= 0.6 is 0 Å².